The van der Waals surface area contributed by atoms with Crippen LogP contribution in [0.2, 0.25) is 0 Å². The van der Waals surface area contributed by atoms with E-state index in [-0.39, 0.29) is 0 Å². The Hall–Kier alpha value is -0.930. The fourth-order valence-electron chi connectivity index (χ4n) is 0.944. The van der Waals surface area contributed by atoms with Crippen molar-refractivity contribution in [2.45, 2.75) is 13.5 Å². The Labute approximate surface area is 73.4 Å². The van der Waals surface area contributed by atoms with E-state index in [1.54, 1.807) is 0 Å². The van der Waals surface area contributed by atoms with Gasteiger partial charge in [0, 0.05) is 33.0 Å². The van der Waals surface area contributed by atoms with Gasteiger partial charge in [-0.15, -0.1) is 0 Å². The second kappa shape index (κ2) is 4.18. The lowest BCUT2D eigenvalue weighted by Gasteiger charge is -2.12. The van der Waals surface area contributed by atoms with Crippen LogP contribution in [0.5, 0.6) is 0 Å². The van der Waals surface area contributed by atoms with Crippen molar-refractivity contribution in [2.75, 3.05) is 14.1 Å². The van der Waals surface area contributed by atoms with Gasteiger partial charge in [0.2, 0.25) is 0 Å². The third kappa shape index (κ3) is 2.60. The van der Waals surface area contributed by atoms with Crippen molar-refractivity contribution >= 4 is 0 Å². The number of hydrogen-bond donors (Lipinski definition) is 1. The van der Waals surface area contributed by atoms with E-state index in [9.17, 15) is 0 Å². The molecule has 0 unspecified atom stereocenters. The van der Waals surface area contributed by atoms with Crippen LogP contribution in [0.4, 0.5) is 0 Å². The summed E-state index contributed by atoms with van der Waals surface area (Å²) < 4.78 is 0. The molecule has 1 rings (SSSR count). The number of hydrazine groups is 1. The monoisotopic (exact) mass is 165 g/mol. The van der Waals surface area contributed by atoms with Crippen molar-refractivity contribution in [2.24, 2.45) is 0 Å². The molecule has 66 valence electrons. The molecule has 0 spiro atoms. The van der Waals surface area contributed by atoms with Gasteiger partial charge in [-0.25, -0.2) is 0 Å². The zero-order valence-corrected chi connectivity index (χ0v) is 7.83. The highest BCUT2D eigenvalue weighted by Crippen LogP contribution is 2.03. The molecule has 3 heteroatoms. The van der Waals surface area contributed by atoms with E-state index in [0.717, 1.165) is 6.54 Å². The van der Waals surface area contributed by atoms with E-state index in [0.29, 0.717) is 0 Å². The summed E-state index contributed by atoms with van der Waals surface area (Å²) in [5.41, 5.74) is 5.73. The van der Waals surface area contributed by atoms with Gasteiger partial charge in [0.25, 0.3) is 0 Å². The molecule has 0 aromatic carbocycles. The molecular formula is C9H15N3. The third-order valence-electron chi connectivity index (χ3n) is 1.72. The number of aromatic nitrogens is 1. The Kier molecular flexibility index (Phi) is 3.19. The van der Waals surface area contributed by atoms with Crippen LogP contribution in [0.3, 0.4) is 0 Å². The first-order valence-electron chi connectivity index (χ1n) is 4.00. The van der Waals surface area contributed by atoms with Gasteiger partial charge < -0.3 is 0 Å². The van der Waals surface area contributed by atoms with Crippen LogP contribution in [0, 0.1) is 6.92 Å². The number of nitrogens with one attached hydrogen (secondary N) is 1. The standard InChI is InChI=1S/C9H15N3/c1-8-6-10-5-4-9(8)7-11-12(2)3/h4-6,11H,7H2,1-3H3. The second-order valence-corrected chi connectivity index (χ2v) is 3.03. The number of nitrogens with zero attached hydrogens (tertiary/aromatic N) is 2. The van der Waals surface area contributed by atoms with Gasteiger partial charge in [-0.05, 0) is 24.1 Å². The number of hydrogen-bond acceptors (Lipinski definition) is 3. The molecule has 0 aliphatic carbocycles. The molecule has 3 nitrogen and oxygen atoms in total. The van der Waals surface area contributed by atoms with Gasteiger partial charge in [-0.3, -0.25) is 15.4 Å². The van der Waals surface area contributed by atoms with Crippen LogP contribution in [-0.2, 0) is 6.54 Å². The minimum absolute atomic E-state index is 0.862. The van der Waals surface area contributed by atoms with Crippen molar-refractivity contribution in [1.82, 2.24) is 15.4 Å². The smallest absolute Gasteiger partial charge is 0.0356 e. The first kappa shape index (κ1) is 9.16. The lowest BCUT2D eigenvalue weighted by atomic mass is 10.2. The molecule has 0 aliphatic rings. The summed E-state index contributed by atoms with van der Waals surface area (Å²) in [5, 5.41) is 1.94. The molecule has 0 bridgehead atoms. The van der Waals surface area contributed by atoms with E-state index >= 15 is 0 Å². The molecule has 0 amide bonds. The van der Waals surface area contributed by atoms with Crippen molar-refractivity contribution < 1.29 is 0 Å². The molecule has 1 aromatic rings. The van der Waals surface area contributed by atoms with Crippen LogP contribution >= 0.6 is 0 Å². The summed E-state index contributed by atoms with van der Waals surface area (Å²) in [6.07, 6.45) is 3.70. The minimum Gasteiger partial charge on any atom is -0.264 e. The highest BCUT2D eigenvalue weighted by molar-refractivity contribution is 5.20. The zero-order chi connectivity index (χ0) is 8.97. The van der Waals surface area contributed by atoms with E-state index < -0.39 is 0 Å². The Balaban J connectivity index is 2.57. The first-order chi connectivity index (χ1) is 5.70. The fourth-order valence-corrected chi connectivity index (χ4v) is 0.944. The van der Waals surface area contributed by atoms with Gasteiger partial charge in [0.1, 0.15) is 0 Å². The van der Waals surface area contributed by atoms with Gasteiger partial charge >= 0.3 is 0 Å². The maximum atomic E-state index is 4.03. The highest BCUT2D eigenvalue weighted by atomic mass is 15.5. The predicted molar refractivity (Wildman–Crippen MR) is 49.5 cm³/mol. The normalized spacial score (nSPS) is 10.7. The van der Waals surface area contributed by atoms with Crippen molar-refractivity contribution in [3.8, 4) is 0 Å². The second-order valence-electron chi connectivity index (χ2n) is 3.03. The molecule has 0 atom stereocenters. The van der Waals surface area contributed by atoms with E-state index in [4.69, 9.17) is 0 Å². The van der Waals surface area contributed by atoms with Crippen LogP contribution < -0.4 is 5.43 Å². The Bertz CT molecular complexity index is 245. The zero-order valence-electron chi connectivity index (χ0n) is 7.83. The molecule has 1 aromatic heterocycles. The Morgan fingerprint density at radius 3 is 2.83 bits per heavy atom. The quantitative estimate of drug-likeness (QED) is 0.676. The molecule has 0 saturated heterocycles. The van der Waals surface area contributed by atoms with E-state index in [2.05, 4.69) is 17.3 Å². The molecule has 0 saturated carbocycles. The fraction of sp³-hybridized carbons (Fsp3) is 0.444. The van der Waals surface area contributed by atoms with Gasteiger partial charge in [-0.1, -0.05) is 0 Å². The minimum atomic E-state index is 0.862. The van der Waals surface area contributed by atoms with Crippen LogP contribution in [0.1, 0.15) is 11.1 Å². The lowest BCUT2D eigenvalue weighted by Crippen LogP contribution is -2.29. The van der Waals surface area contributed by atoms with Gasteiger partial charge in [0.15, 0.2) is 0 Å². The molecule has 1 heterocycles. The summed E-state index contributed by atoms with van der Waals surface area (Å²) in [7, 11) is 3.97. The summed E-state index contributed by atoms with van der Waals surface area (Å²) in [6.45, 7) is 2.93. The maximum absolute atomic E-state index is 4.03. The SMILES string of the molecule is Cc1cnccc1CNN(C)C. The molecule has 0 fully saturated rings. The van der Waals surface area contributed by atoms with Gasteiger partial charge in [-0.2, -0.15) is 0 Å². The largest absolute Gasteiger partial charge is 0.264 e. The van der Waals surface area contributed by atoms with Crippen molar-refractivity contribution in [1.29, 1.82) is 0 Å². The molecule has 1 N–H and O–H groups in total. The average molecular weight is 165 g/mol. The maximum Gasteiger partial charge on any atom is 0.0356 e. The van der Waals surface area contributed by atoms with Crippen LogP contribution in [0.15, 0.2) is 18.5 Å². The van der Waals surface area contributed by atoms with Crippen LogP contribution in [-0.4, -0.2) is 24.1 Å². The van der Waals surface area contributed by atoms with Crippen molar-refractivity contribution in [3.05, 3.63) is 29.6 Å². The topological polar surface area (TPSA) is 28.2 Å². The van der Waals surface area contributed by atoms with Gasteiger partial charge in [0.05, 0.1) is 0 Å². The molecule has 12 heavy (non-hydrogen) atoms. The summed E-state index contributed by atoms with van der Waals surface area (Å²) in [6, 6.07) is 2.03. The molecule has 0 radical (unpaired) electrons. The van der Waals surface area contributed by atoms with Crippen LogP contribution in [0.25, 0.3) is 0 Å². The van der Waals surface area contributed by atoms with E-state index in [1.165, 1.54) is 11.1 Å². The lowest BCUT2D eigenvalue weighted by molar-refractivity contribution is 0.285. The third-order valence-corrected chi connectivity index (χ3v) is 1.72. The van der Waals surface area contributed by atoms with E-state index in [1.807, 2.05) is 37.6 Å². The Morgan fingerprint density at radius 1 is 1.50 bits per heavy atom. The molecular weight excluding hydrogens is 150 g/mol. The predicted octanol–water partition coefficient (Wildman–Crippen LogP) is 0.956. The summed E-state index contributed by atoms with van der Waals surface area (Å²) in [5.74, 6) is 0. The Morgan fingerprint density at radius 2 is 2.25 bits per heavy atom. The summed E-state index contributed by atoms with van der Waals surface area (Å²) in [4.78, 5) is 4.03. The van der Waals surface area contributed by atoms with Crippen molar-refractivity contribution in [3.63, 3.8) is 0 Å². The number of aryl methyl sites for hydroxylation is 1. The highest BCUT2D eigenvalue weighted by Gasteiger charge is 1.96. The summed E-state index contributed by atoms with van der Waals surface area (Å²) >= 11 is 0. The molecule has 0 aliphatic heterocycles. The first-order valence-corrected chi connectivity index (χ1v) is 4.00. The number of rotatable bonds is 3. The number of pyridine rings is 1. The average Bonchev–Trinajstić information content (AvgIpc) is 2.03.